The molecule has 1 atom stereocenters. The van der Waals surface area contributed by atoms with E-state index in [2.05, 4.69) is 34.3 Å². The fourth-order valence-electron chi connectivity index (χ4n) is 3.42. The van der Waals surface area contributed by atoms with Crippen molar-refractivity contribution < 1.29 is 13.6 Å². The van der Waals surface area contributed by atoms with Crippen molar-refractivity contribution in [1.29, 1.82) is 0 Å². The summed E-state index contributed by atoms with van der Waals surface area (Å²) in [5.41, 5.74) is 3.61. The highest BCUT2D eigenvalue weighted by molar-refractivity contribution is 6.03. The second-order valence-corrected chi connectivity index (χ2v) is 6.53. The summed E-state index contributed by atoms with van der Waals surface area (Å²) in [6.45, 7) is 2.13. The summed E-state index contributed by atoms with van der Waals surface area (Å²) in [5.74, 6) is -2.46. The summed E-state index contributed by atoms with van der Waals surface area (Å²) in [6.07, 6.45) is 2.50. The molecule has 1 aromatic heterocycles. The zero-order chi connectivity index (χ0) is 19.0. The van der Waals surface area contributed by atoms with Gasteiger partial charge in [0.1, 0.15) is 5.69 Å². The highest BCUT2D eigenvalue weighted by atomic mass is 19.2. The summed E-state index contributed by atoms with van der Waals surface area (Å²) in [4.78, 5) is 18.8. The average Bonchev–Trinajstić information content (AvgIpc) is 3.00. The normalized spacial score (nSPS) is 15.5. The molecule has 2 aromatic carbocycles. The topological polar surface area (TPSA) is 45.2 Å². The van der Waals surface area contributed by atoms with Crippen LogP contribution in [0.3, 0.4) is 0 Å². The number of fused-ring (bicyclic) bond motifs is 1. The van der Waals surface area contributed by atoms with E-state index < -0.39 is 17.5 Å². The van der Waals surface area contributed by atoms with Crippen molar-refractivity contribution in [3.63, 3.8) is 0 Å². The molecular weight excluding hydrogens is 348 g/mol. The molecule has 0 bridgehead atoms. The minimum atomic E-state index is -1.02. The Labute approximate surface area is 155 Å². The van der Waals surface area contributed by atoms with Gasteiger partial charge < -0.3 is 10.2 Å². The summed E-state index contributed by atoms with van der Waals surface area (Å²) in [7, 11) is 0. The number of carbonyl (C=O) groups is 1. The number of aromatic nitrogens is 1. The second kappa shape index (κ2) is 6.79. The van der Waals surface area contributed by atoms with Gasteiger partial charge in [0, 0.05) is 35.4 Å². The third-order valence-corrected chi connectivity index (χ3v) is 4.64. The molecule has 1 amide bonds. The van der Waals surface area contributed by atoms with Crippen LogP contribution in [0.1, 0.15) is 23.0 Å². The molecule has 1 aliphatic heterocycles. The molecule has 0 saturated heterocycles. The largest absolute Gasteiger partial charge is 0.338 e. The lowest BCUT2D eigenvalue weighted by Gasteiger charge is -2.25. The van der Waals surface area contributed by atoms with E-state index in [-0.39, 0.29) is 17.4 Å². The van der Waals surface area contributed by atoms with Crippen LogP contribution in [0.25, 0.3) is 0 Å². The van der Waals surface area contributed by atoms with Crippen LogP contribution in [0, 0.1) is 11.6 Å². The van der Waals surface area contributed by atoms with Crippen molar-refractivity contribution in [3.05, 3.63) is 83.7 Å². The predicted molar refractivity (Wildman–Crippen MR) is 100 cm³/mol. The van der Waals surface area contributed by atoms with E-state index in [1.165, 1.54) is 11.6 Å². The first-order chi connectivity index (χ1) is 13.0. The van der Waals surface area contributed by atoms with E-state index in [0.29, 0.717) is 0 Å². The van der Waals surface area contributed by atoms with E-state index in [1.54, 1.807) is 12.3 Å². The lowest BCUT2D eigenvalue weighted by atomic mass is 10.1. The van der Waals surface area contributed by atoms with E-state index >= 15 is 0 Å². The van der Waals surface area contributed by atoms with E-state index in [1.807, 2.05) is 18.2 Å². The molecule has 1 aliphatic rings. The molecule has 1 N–H and O–H groups in total. The number of nitrogens with one attached hydrogen (secondary N) is 1. The van der Waals surface area contributed by atoms with Crippen LogP contribution < -0.4 is 10.2 Å². The first-order valence-corrected chi connectivity index (χ1v) is 8.62. The number of hydrogen-bond acceptors (Lipinski definition) is 3. The molecule has 0 spiro atoms. The van der Waals surface area contributed by atoms with Crippen molar-refractivity contribution >= 4 is 23.0 Å². The van der Waals surface area contributed by atoms with Gasteiger partial charge in [-0.1, -0.05) is 18.2 Å². The van der Waals surface area contributed by atoms with Crippen LogP contribution in [0.15, 0.2) is 60.8 Å². The number of anilines is 3. The molecule has 0 fully saturated rings. The lowest BCUT2D eigenvalue weighted by molar-refractivity contribution is 0.102. The zero-order valence-corrected chi connectivity index (χ0v) is 14.6. The fourth-order valence-corrected chi connectivity index (χ4v) is 3.42. The lowest BCUT2D eigenvalue weighted by Crippen LogP contribution is -2.24. The monoisotopic (exact) mass is 365 g/mol. The van der Waals surface area contributed by atoms with Crippen molar-refractivity contribution in [1.82, 2.24) is 4.98 Å². The number of halogens is 2. The van der Waals surface area contributed by atoms with Gasteiger partial charge in [-0.2, -0.15) is 0 Å². The Morgan fingerprint density at radius 3 is 2.74 bits per heavy atom. The predicted octanol–water partition coefficient (Wildman–Crippen LogP) is 4.69. The molecule has 27 heavy (non-hydrogen) atoms. The summed E-state index contributed by atoms with van der Waals surface area (Å²) in [6, 6.07) is 15.2. The van der Waals surface area contributed by atoms with Crippen molar-refractivity contribution in [2.24, 2.45) is 0 Å². The highest BCUT2D eigenvalue weighted by Gasteiger charge is 2.27. The van der Waals surface area contributed by atoms with Crippen molar-refractivity contribution in [2.45, 2.75) is 19.4 Å². The summed E-state index contributed by atoms with van der Waals surface area (Å²) < 4.78 is 26.4. The van der Waals surface area contributed by atoms with E-state index in [4.69, 9.17) is 0 Å². The number of rotatable bonds is 3. The smallest absolute Gasteiger partial charge is 0.274 e. The molecule has 0 saturated carbocycles. The van der Waals surface area contributed by atoms with Gasteiger partial charge >= 0.3 is 0 Å². The Kier molecular flexibility index (Phi) is 4.32. The number of benzene rings is 2. The van der Waals surface area contributed by atoms with Crippen LogP contribution in [0.4, 0.5) is 25.8 Å². The van der Waals surface area contributed by atoms with Gasteiger partial charge in [-0.25, -0.2) is 8.78 Å². The molecule has 4 nitrogen and oxygen atoms in total. The molecule has 3 aromatic rings. The number of pyridine rings is 1. The highest BCUT2D eigenvalue weighted by Crippen LogP contribution is 2.38. The van der Waals surface area contributed by atoms with Crippen LogP contribution in [0.5, 0.6) is 0 Å². The van der Waals surface area contributed by atoms with Gasteiger partial charge in [0.05, 0.1) is 0 Å². The number of nitrogens with zero attached hydrogens (tertiary/aromatic N) is 2. The maximum atomic E-state index is 13.3. The molecule has 1 unspecified atom stereocenters. The Morgan fingerprint density at radius 2 is 1.93 bits per heavy atom. The Morgan fingerprint density at radius 1 is 1.11 bits per heavy atom. The average molecular weight is 365 g/mol. The number of amides is 1. The van der Waals surface area contributed by atoms with Crippen LogP contribution in [-0.4, -0.2) is 16.9 Å². The van der Waals surface area contributed by atoms with Crippen LogP contribution in [0.2, 0.25) is 0 Å². The molecule has 0 aliphatic carbocycles. The number of hydrogen-bond donors (Lipinski definition) is 1. The number of para-hydroxylation sites is 1. The van der Waals surface area contributed by atoms with Gasteiger partial charge in [-0.15, -0.1) is 0 Å². The van der Waals surface area contributed by atoms with E-state index in [9.17, 15) is 13.6 Å². The maximum absolute atomic E-state index is 13.3. The molecule has 6 heteroatoms. The Hall–Kier alpha value is -3.28. The van der Waals surface area contributed by atoms with Gasteiger partial charge in [-0.05, 0) is 49.2 Å². The molecule has 136 valence electrons. The van der Waals surface area contributed by atoms with Crippen LogP contribution >= 0.6 is 0 Å². The Balaban J connectivity index is 1.61. The van der Waals surface area contributed by atoms with Gasteiger partial charge in [0.2, 0.25) is 0 Å². The van der Waals surface area contributed by atoms with Crippen LogP contribution in [-0.2, 0) is 6.42 Å². The molecule has 4 rings (SSSR count). The fraction of sp³-hybridized carbons (Fsp3) is 0.143. The van der Waals surface area contributed by atoms with Crippen molar-refractivity contribution in [2.75, 3.05) is 10.2 Å². The van der Waals surface area contributed by atoms with E-state index in [0.717, 1.165) is 29.9 Å². The summed E-state index contributed by atoms with van der Waals surface area (Å²) >= 11 is 0. The second-order valence-electron chi connectivity index (χ2n) is 6.53. The first kappa shape index (κ1) is 17.1. The molecule has 0 radical (unpaired) electrons. The van der Waals surface area contributed by atoms with Crippen molar-refractivity contribution in [3.8, 4) is 0 Å². The minimum Gasteiger partial charge on any atom is -0.338 e. The molecule has 2 heterocycles. The SMILES string of the molecule is CC1Cc2ccccc2N1c1ccnc(C(=O)Nc2ccc(F)c(F)c2)c1. The first-order valence-electron chi connectivity index (χ1n) is 8.62. The number of carbonyl (C=O) groups excluding carboxylic acids is 1. The third kappa shape index (κ3) is 3.26. The van der Waals surface area contributed by atoms with Gasteiger partial charge in [0.25, 0.3) is 5.91 Å². The summed E-state index contributed by atoms with van der Waals surface area (Å²) in [5, 5.41) is 2.55. The van der Waals surface area contributed by atoms with Gasteiger partial charge in [0.15, 0.2) is 11.6 Å². The standard InChI is InChI=1S/C21H17F2N3O/c1-13-10-14-4-2-3-5-20(14)26(13)16-8-9-24-19(12-16)21(27)25-15-6-7-17(22)18(23)11-15/h2-9,11-13H,10H2,1H3,(H,25,27). The zero-order valence-electron chi connectivity index (χ0n) is 14.6. The van der Waals surface area contributed by atoms with Gasteiger partial charge in [-0.3, -0.25) is 9.78 Å². The maximum Gasteiger partial charge on any atom is 0.274 e. The molecular formula is C21H17F2N3O. The minimum absolute atomic E-state index is 0.172. The Bertz CT molecular complexity index is 1020. The quantitative estimate of drug-likeness (QED) is 0.732. The third-order valence-electron chi connectivity index (χ3n) is 4.64.